The van der Waals surface area contributed by atoms with Crippen molar-refractivity contribution in [2.45, 2.75) is 6.42 Å². The second-order valence-electron chi connectivity index (χ2n) is 3.39. The summed E-state index contributed by atoms with van der Waals surface area (Å²) in [5, 5.41) is 10.1. The summed E-state index contributed by atoms with van der Waals surface area (Å²) in [4.78, 5) is 25.9. The SMILES string of the molecule is O=C(O)Cc1ccc(N2CC(=O)ON2)cc1. The van der Waals surface area contributed by atoms with E-state index in [0.717, 1.165) is 5.69 Å². The van der Waals surface area contributed by atoms with Gasteiger partial charge in [0.15, 0.2) is 0 Å². The van der Waals surface area contributed by atoms with Gasteiger partial charge in [0, 0.05) is 0 Å². The van der Waals surface area contributed by atoms with E-state index in [1.54, 1.807) is 24.3 Å². The second-order valence-corrected chi connectivity index (χ2v) is 3.39. The molecule has 6 heteroatoms. The van der Waals surface area contributed by atoms with Crippen molar-refractivity contribution < 1.29 is 19.5 Å². The molecule has 1 aliphatic heterocycles. The minimum Gasteiger partial charge on any atom is -0.481 e. The van der Waals surface area contributed by atoms with Crippen molar-refractivity contribution in [3.63, 3.8) is 0 Å². The summed E-state index contributed by atoms with van der Waals surface area (Å²) in [7, 11) is 0. The highest BCUT2D eigenvalue weighted by molar-refractivity contribution is 5.77. The van der Waals surface area contributed by atoms with Gasteiger partial charge < -0.3 is 9.94 Å². The van der Waals surface area contributed by atoms with Crippen molar-refractivity contribution in [3.05, 3.63) is 29.8 Å². The van der Waals surface area contributed by atoms with Crippen LogP contribution < -0.4 is 10.6 Å². The molecule has 16 heavy (non-hydrogen) atoms. The number of carbonyl (C=O) groups excluding carboxylic acids is 1. The van der Waals surface area contributed by atoms with Gasteiger partial charge in [-0.25, -0.2) is 4.79 Å². The summed E-state index contributed by atoms with van der Waals surface area (Å²) in [5.41, 5.74) is 3.91. The molecule has 2 rings (SSSR count). The van der Waals surface area contributed by atoms with Crippen molar-refractivity contribution in [1.29, 1.82) is 0 Å². The number of hydrogen-bond acceptors (Lipinski definition) is 5. The third-order valence-corrected chi connectivity index (χ3v) is 2.16. The van der Waals surface area contributed by atoms with Gasteiger partial charge in [-0.05, 0) is 17.7 Å². The number of nitrogens with one attached hydrogen (secondary N) is 1. The second kappa shape index (κ2) is 4.19. The molecule has 0 bridgehead atoms. The first kappa shape index (κ1) is 10.4. The zero-order chi connectivity index (χ0) is 11.5. The van der Waals surface area contributed by atoms with Crippen LogP contribution >= 0.6 is 0 Å². The van der Waals surface area contributed by atoms with Crippen LogP contribution in [-0.4, -0.2) is 23.6 Å². The van der Waals surface area contributed by atoms with Gasteiger partial charge in [0.2, 0.25) is 0 Å². The van der Waals surface area contributed by atoms with E-state index in [2.05, 4.69) is 10.4 Å². The van der Waals surface area contributed by atoms with Crippen LogP contribution in [0, 0.1) is 0 Å². The predicted octanol–water partition coefficient (Wildman–Crippen LogP) is 0.0965. The van der Waals surface area contributed by atoms with E-state index in [9.17, 15) is 9.59 Å². The molecule has 0 atom stereocenters. The Morgan fingerprint density at radius 1 is 1.44 bits per heavy atom. The van der Waals surface area contributed by atoms with Crippen molar-refractivity contribution in [2.24, 2.45) is 0 Å². The molecule has 1 aromatic carbocycles. The summed E-state index contributed by atoms with van der Waals surface area (Å²) in [6.45, 7) is 0.137. The van der Waals surface area contributed by atoms with Gasteiger partial charge in [-0.3, -0.25) is 9.80 Å². The van der Waals surface area contributed by atoms with Gasteiger partial charge in [0.1, 0.15) is 6.54 Å². The fourth-order valence-corrected chi connectivity index (χ4v) is 1.41. The number of carboxylic acids is 1. The summed E-state index contributed by atoms with van der Waals surface area (Å²) in [6, 6.07) is 6.86. The highest BCUT2D eigenvalue weighted by Crippen LogP contribution is 2.15. The molecule has 2 N–H and O–H groups in total. The summed E-state index contributed by atoms with van der Waals surface area (Å²) < 4.78 is 0. The van der Waals surface area contributed by atoms with Crippen LogP contribution in [0.5, 0.6) is 0 Å². The topological polar surface area (TPSA) is 78.9 Å². The molecular weight excluding hydrogens is 212 g/mol. The highest BCUT2D eigenvalue weighted by atomic mass is 16.7. The number of hydrogen-bond donors (Lipinski definition) is 2. The van der Waals surface area contributed by atoms with Crippen LogP contribution in [0.1, 0.15) is 5.56 Å². The van der Waals surface area contributed by atoms with E-state index in [-0.39, 0.29) is 18.9 Å². The molecule has 0 unspecified atom stereocenters. The number of carboxylic acid groups (broad SMARTS) is 1. The normalized spacial score (nSPS) is 15.0. The molecule has 1 aliphatic rings. The molecule has 0 aromatic heterocycles. The third kappa shape index (κ3) is 2.29. The zero-order valence-corrected chi connectivity index (χ0v) is 8.34. The van der Waals surface area contributed by atoms with Gasteiger partial charge >= 0.3 is 11.9 Å². The molecule has 0 spiro atoms. The standard InChI is InChI=1S/C10H10N2O4/c13-9(14)5-7-1-3-8(4-2-7)12-6-10(15)16-11-12/h1-4,11H,5-6H2,(H,13,14). The first-order chi connectivity index (χ1) is 7.65. The average Bonchev–Trinajstić information content (AvgIpc) is 2.65. The largest absolute Gasteiger partial charge is 0.481 e. The number of anilines is 1. The number of hydrazine groups is 1. The summed E-state index contributed by atoms with van der Waals surface area (Å²) in [6.07, 6.45) is -0.0108. The lowest BCUT2D eigenvalue weighted by Crippen LogP contribution is -2.29. The predicted molar refractivity (Wildman–Crippen MR) is 54.4 cm³/mol. The van der Waals surface area contributed by atoms with Gasteiger partial charge in [-0.1, -0.05) is 17.7 Å². The van der Waals surface area contributed by atoms with Crippen LogP contribution in [0.15, 0.2) is 24.3 Å². The monoisotopic (exact) mass is 222 g/mol. The van der Waals surface area contributed by atoms with E-state index in [1.807, 2.05) is 0 Å². The lowest BCUT2D eigenvalue weighted by atomic mass is 10.1. The Balaban J connectivity index is 2.07. The Kier molecular flexibility index (Phi) is 2.74. The fourth-order valence-electron chi connectivity index (χ4n) is 1.41. The molecule has 1 heterocycles. The molecule has 1 fully saturated rings. The number of nitrogens with zero attached hydrogens (tertiary/aromatic N) is 1. The molecule has 6 nitrogen and oxygen atoms in total. The number of aliphatic carboxylic acids is 1. The molecule has 1 aromatic rings. The molecule has 0 aliphatic carbocycles. The Bertz CT molecular complexity index is 415. The van der Waals surface area contributed by atoms with E-state index < -0.39 is 5.97 Å². The van der Waals surface area contributed by atoms with E-state index in [1.165, 1.54) is 5.01 Å². The molecule has 0 radical (unpaired) electrons. The maximum absolute atomic E-state index is 10.8. The maximum Gasteiger partial charge on any atom is 0.347 e. The average molecular weight is 222 g/mol. The van der Waals surface area contributed by atoms with Gasteiger partial charge in [-0.15, -0.1) is 0 Å². The van der Waals surface area contributed by atoms with Gasteiger partial charge in [0.25, 0.3) is 0 Å². The zero-order valence-electron chi connectivity index (χ0n) is 8.34. The van der Waals surface area contributed by atoms with Crippen molar-refractivity contribution in [2.75, 3.05) is 11.6 Å². The number of rotatable bonds is 3. The Hall–Kier alpha value is -2.08. The Morgan fingerprint density at radius 2 is 2.12 bits per heavy atom. The quantitative estimate of drug-likeness (QED) is 0.755. The van der Waals surface area contributed by atoms with Crippen LogP contribution in [0.25, 0.3) is 0 Å². The number of benzene rings is 1. The van der Waals surface area contributed by atoms with Crippen LogP contribution in [0.4, 0.5) is 5.69 Å². The lowest BCUT2D eigenvalue weighted by molar-refractivity contribution is -0.142. The summed E-state index contributed by atoms with van der Waals surface area (Å²) in [5.74, 6) is -1.22. The van der Waals surface area contributed by atoms with Crippen LogP contribution in [0.3, 0.4) is 0 Å². The van der Waals surface area contributed by atoms with Gasteiger partial charge in [-0.2, -0.15) is 0 Å². The van der Waals surface area contributed by atoms with Crippen molar-refractivity contribution >= 4 is 17.6 Å². The third-order valence-electron chi connectivity index (χ3n) is 2.16. The van der Waals surface area contributed by atoms with E-state index >= 15 is 0 Å². The first-order valence-electron chi connectivity index (χ1n) is 4.69. The lowest BCUT2D eigenvalue weighted by Gasteiger charge is -2.13. The van der Waals surface area contributed by atoms with E-state index in [0.29, 0.717) is 5.56 Å². The van der Waals surface area contributed by atoms with Crippen LogP contribution in [-0.2, 0) is 20.8 Å². The Morgan fingerprint density at radius 3 is 2.62 bits per heavy atom. The minimum absolute atomic E-state index is 0.0108. The fraction of sp³-hybridized carbons (Fsp3) is 0.200. The van der Waals surface area contributed by atoms with Crippen molar-refractivity contribution in [3.8, 4) is 0 Å². The molecule has 0 saturated carbocycles. The maximum atomic E-state index is 10.8. The first-order valence-corrected chi connectivity index (χ1v) is 4.69. The van der Waals surface area contributed by atoms with E-state index in [4.69, 9.17) is 5.11 Å². The Labute approximate surface area is 91.4 Å². The molecule has 0 amide bonds. The molecular formula is C10H10N2O4. The molecule has 84 valence electrons. The van der Waals surface area contributed by atoms with Crippen LogP contribution in [0.2, 0.25) is 0 Å². The highest BCUT2D eigenvalue weighted by Gasteiger charge is 2.20. The summed E-state index contributed by atoms with van der Waals surface area (Å²) >= 11 is 0. The smallest absolute Gasteiger partial charge is 0.347 e. The molecule has 1 saturated heterocycles. The minimum atomic E-state index is -0.870. The van der Waals surface area contributed by atoms with Gasteiger partial charge in [0.05, 0.1) is 12.1 Å². The number of carbonyl (C=O) groups is 2. The van der Waals surface area contributed by atoms with Crippen molar-refractivity contribution in [1.82, 2.24) is 5.59 Å².